The molecule has 17 heavy (non-hydrogen) atoms. The number of halogens is 1. The smallest absolute Gasteiger partial charge is 0.178 e. The summed E-state index contributed by atoms with van der Waals surface area (Å²) in [4.78, 5) is 0.368. The maximum atomic E-state index is 12.1. The van der Waals surface area contributed by atoms with Crippen molar-refractivity contribution in [3.05, 3.63) is 29.3 Å². The summed E-state index contributed by atoms with van der Waals surface area (Å²) in [6.07, 6.45) is 2.04. The number of hydrogen-bond donors (Lipinski definition) is 1. The SMILES string of the molecule is O=S(=O)(CC1CCCNC1)c1ccc(Cl)cc1. The molecule has 2 rings (SSSR count). The largest absolute Gasteiger partial charge is 0.316 e. The molecule has 0 spiro atoms. The Morgan fingerprint density at radius 2 is 2.00 bits per heavy atom. The van der Waals surface area contributed by atoms with Crippen LogP contribution >= 0.6 is 11.6 Å². The van der Waals surface area contributed by atoms with Crippen LogP contribution in [0, 0.1) is 5.92 Å². The maximum absolute atomic E-state index is 12.1. The standard InChI is InChI=1S/C12H16ClNO2S/c13-11-3-5-12(6-4-11)17(15,16)9-10-2-1-7-14-8-10/h3-6,10,14H,1-2,7-9H2. The second kappa shape index (κ2) is 5.38. The van der Waals surface area contributed by atoms with Crippen LogP contribution < -0.4 is 5.32 Å². The first kappa shape index (κ1) is 12.9. The fourth-order valence-corrected chi connectivity index (χ4v) is 3.89. The highest BCUT2D eigenvalue weighted by molar-refractivity contribution is 7.91. The summed E-state index contributed by atoms with van der Waals surface area (Å²) in [5.41, 5.74) is 0. The van der Waals surface area contributed by atoms with Crippen molar-refractivity contribution in [3.63, 3.8) is 0 Å². The van der Waals surface area contributed by atoms with Crippen LogP contribution in [-0.2, 0) is 9.84 Å². The van der Waals surface area contributed by atoms with E-state index in [0.717, 1.165) is 25.9 Å². The molecule has 0 bridgehead atoms. The lowest BCUT2D eigenvalue weighted by atomic mass is 10.0. The highest BCUT2D eigenvalue weighted by Gasteiger charge is 2.22. The Kier molecular flexibility index (Phi) is 4.07. The van der Waals surface area contributed by atoms with Gasteiger partial charge in [0.25, 0.3) is 0 Å². The normalized spacial score (nSPS) is 21.4. The molecule has 0 saturated carbocycles. The Hall–Kier alpha value is -0.580. The Labute approximate surface area is 107 Å². The van der Waals surface area contributed by atoms with E-state index < -0.39 is 9.84 Å². The molecular weight excluding hydrogens is 258 g/mol. The number of piperidine rings is 1. The van der Waals surface area contributed by atoms with E-state index in [1.165, 1.54) is 0 Å². The van der Waals surface area contributed by atoms with Gasteiger partial charge in [-0.05, 0) is 56.1 Å². The molecule has 1 heterocycles. The molecule has 0 aromatic heterocycles. The fraction of sp³-hybridized carbons (Fsp3) is 0.500. The van der Waals surface area contributed by atoms with E-state index in [4.69, 9.17) is 11.6 Å². The van der Waals surface area contributed by atoms with Crippen molar-refractivity contribution in [2.75, 3.05) is 18.8 Å². The minimum absolute atomic E-state index is 0.224. The first-order chi connectivity index (χ1) is 8.08. The van der Waals surface area contributed by atoms with Crippen molar-refractivity contribution in [2.24, 2.45) is 5.92 Å². The molecule has 1 unspecified atom stereocenters. The molecule has 1 N–H and O–H groups in total. The number of sulfone groups is 1. The zero-order valence-corrected chi connectivity index (χ0v) is 11.1. The predicted molar refractivity (Wildman–Crippen MR) is 69.1 cm³/mol. The number of nitrogens with one attached hydrogen (secondary N) is 1. The molecule has 1 aromatic rings. The van der Waals surface area contributed by atoms with E-state index in [0.29, 0.717) is 9.92 Å². The molecule has 94 valence electrons. The van der Waals surface area contributed by atoms with Crippen molar-refractivity contribution in [1.82, 2.24) is 5.32 Å². The van der Waals surface area contributed by atoms with Gasteiger partial charge in [-0.1, -0.05) is 11.6 Å². The summed E-state index contributed by atoms with van der Waals surface area (Å²) in [5.74, 6) is 0.450. The Bertz CT molecular complexity index is 464. The van der Waals surface area contributed by atoms with E-state index in [1.807, 2.05) is 0 Å². The van der Waals surface area contributed by atoms with Crippen LogP contribution in [-0.4, -0.2) is 27.3 Å². The average molecular weight is 274 g/mol. The second-order valence-corrected chi connectivity index (χ2v) is 6.92. The third-order valence-corrected chi connectivity index (χ3v) is 5.18. The van der Waals surface area contributed by atoms with Crippen LogP contribution in [0.15, 0.2) is 29.2 Å². The summed E-state index contributed by atoms with van der Waals surface area (Å²) in [7, 11) is -3.18. The Morgan fingerprint density at radius 1 is 1.29 bits per heavy atom. The van der Waals surface area contributed by atoms with Gasteiger partial charge in [0.2, 0.25) is 0 Å². The van der Waals surface area contributed by atoms with Crippen molar-refractivity contribution >= 4 is 21.4 Å². The maximum Gasteiger partial charge on any atom is 0.178 e. The third-order valence-electron chi connectivity index (χ3n) is 3.03. The van der Waals surface area contributed by atoms with Gasteiger partial charge in [-0.15, -0.1) is 0 Å². The quantitative estimate of drug-likeness (QED) is 0.918. The van der Waals surface area contributed by atoms with Gasteiger partial charge in [0.05, 0.1) is 10.6 Å². The van der Waals surface area contributed by atoms with Crippen LogP contribution in [0.4, 0.5) is 0 Å². The molecule has 1 aliphatic heterocycles. The van der Waals surface area contributed by atoms with Crippen LogP contribution in [0.2, 0.25) is 5.02 Å². The number of hydrogen-bond acceptors (Lipinski definition) is 3. The molecule has 1 aromatic carbocycles. The van der Waals surface area contributed by atoms with E-state index in [9.17, 15) is 8.42 Å². The molecule has 0 aliphatic carbocycles. The van der Waals surface area contributed by atoms with Gasteiger partial charge < -0.3 is 5.32 Å². The van der Waals surface area contributed by atoms with Gasteiger partial charge in [0.1, 0.15) is 0 Å². The van der Waals surface area contributed by atoms with E-state index in [-0.39, 0.29) is 11.7 Å². The lowest BCUT2D eigenvalue weighted by Crippen LogP contribution is -2.33. The zero-order valence-electron chi connectivity index (χ0n) is 9.52. The van der Waals surface area contributed by atoms with E-state index >= 15 is 0 Å². The molecule has 1 aliphatic rings. The summed E-state index contributed by atoms with van der Waals surface area (Å²) in [6, 6.07) is 6.39. The van der Waals surface area contributed by atoms with Crippen molar-refractivity contribution in [3.8, 4) is 0 Å². The molecule has 0 amide bonds. The molecule has 3 nitrogen and oxygen atoms in total. The molecular formula is C12H16ClNO2S. The topological polar surface area (TPSA) is 46.2 Å². The molecule has 1 saturated heterocycles. The van der Waals surface area contributed by atoms with Crippen LogP contribution in [0.3, 0.4) is 0 Å². The third kappa shape index (κ3) is 3.44. The van der Waals surface area contributed by atoms with Crippen molar-refractivity contribution in [2.45, 2.75) is 17.7 Å². The van der Waals surface area contributed by atoms with Gasteiger partial charge in [-0.3, -0.25) is 0 Å². The molecule has 1 atom stereocenters. The summed E-state index contributed by atoms with van der Waals surface area (Å²) in [6.45, 7) is 1.80. The summed E-state index contributed by atoms with van der Waals surface area (Å²) >= 11 is 5.75. The van der Waals surface area contributed by atoms with Gasteiger partial charge >= 0.3 is 0 Å². The fourth-order valence-electron chi connectivity index (χ4n) is 2.11. The van der Waals surface area contributed by atoms with Crippen molar-refractivity contribution in [1.29, 1.82) is 0 Å². The summed E-state index contributed by atoms with van der Waals surface area (Å²) < 4.78 is 24.3. The lowest BCUT2D eigenvalue weighted by Gasteiger charge is -2.22. The van der Waals surface area contributed by atoms with Gasteiger partial charge in [-0.2, -0.15) is 0 Å². The number of rotatable bonds is 3. The Balaban J connectivity index is 2.10. The molecule has 0 radical (unpaired) electrons. The minimum Gasteiger partial charge on any atom is -0.316 e. The first-order valence-corrected chi connectivity index (χ1v) is 7.80. The van der Waals surface area contributed by atoms with Gasteiger partial charge in [0.15, 0.2) is 9.84 Å². The average Bonchev–Trinajstić information content (AvgIpc) is 2.30. The predicted octanol–water partition coefficient (Wildman–Crippen LogP) is 2.11. The van der Waals surface area contributed by atoms with Crippen molar-refractivity contribution < 1.29 is 8.42 Å². The number of benzene rings is 1. The minimum atomic E-state index is -3.18. The van der Waals surface area contributed by atoms with E-state index in [2.05, 4.69) is 5.32 Å². The van der Waals surface area contributed by atoms with Gasteiger partial charge in [0, 0.05) is 5.02 Å². The summed E-state index contributed by atoms with van der Waals surface area (Å²) in [5, 5.41) is 3.79. The van der Waals surface area contributed by atoms with Crippen LogP contribution in [0.5, 0.6) is 0 Å². The highest BCUT2D eigenvalue weighted by atomic mass is 35.5. The van der Waals surface area contributed by atoms with Gasteiger partial charge in [-0.25, -0.2) is 8.42 Å². The first-order valence-electron chi connectivity index (χ1n) is 5.77. The second-order valence-electron chi connectivity index (χ2n) is 4.45. The zero-order chi connectivity index (χ0) is 12.3. The van der Waals surface area contributed by atoms with Crippen LogP contribution in [0.1, 0.15) is 12.8 Å². The Morgan fingerprint density at radius 3 is 2.59 bits per heavy atom. The lowest BCUT2D eigenvalue weighted by molar-refractivity contribution is 0.404. The molecule has 5 heteroatoms. The van der Waals surface area contributed by atoms with E-state index in [1.54, 1.807) is 24.3 Å². The highest BCUT2D eigenvalue weighted by Crippen LogP contribution is 2.20. The monoisotopic (exact) mass is 273 g/mol. The molecule has 1 fully saturated rings. The van der Waals surface area contributed by atoms with Crippen LogP contribution in [0.25, 0.3) is 0 Å².